The van der Waals surface area contributed by atoms with Crippen LogP contribution in [-0.4, -0.2) is 14.8 Å². The third kappa shape index (κ3) is 2.40. The van der Waals surface area contributed by atoms with Crippen molar-refractivity contribution in [1.29, 1.82) is 0 Å². The van der Waals surface area contributed by atoms with Gasteiger partial charge < -0.3 is 5.73 Å². The Morgan fingerprint density at radius 3 is 2.33 bits per heavy atom. The highest BCUT2D eigenvalue weighted by molar-refractivity contribution is 7.71. The van der Waals surface area contributed by atoms with Crippen molar-refractivity contribution in [2.75, 3.05) is 5.73 Å². The fraction of sp³-hybridized carbons (Fsp3) is 0.800. The van der Waals surface area contributed by atoms with Crippen LogP contribution in [0.3, 0.4) is 0 Å². The monoisotopic (exact) mass is 226 g/mol. The van der Waals surface area contributed by atoms with E-state index in [2.05, 4.69) is 10.2 Å². The maximum atomic E-state index is 5.82. The Morgan fingerprint density at radius 1 is 1.20 bits per heavy atom. The Bertz CT molecular complexity index is 360. The predicted molar refractivity (Wildman–Crippen MR) is 63.2 cm³/mol. The molecule has 3 N–H and O–H groups in total. The van der Waals surface area contributed by atoms with Gasteiger partial charge in [-0.25, -0.2) is 5.10 Å². The summed E-state index contributed by atoms with van der Waals surface area (Å²) in [4.78, 5) is 0. The van der Waals surface area contributed by atoms with E-state index in [9.17, 15) is 0 Å². The third-order valence-corrected chi connectivity index (χ3v) is 3.46. The smallest absolute Gasteiger partial charge is 0.220 e. The predicted octanol–water partition coefficient (Wildman–Crippen LogP) is 2.81. The number of nitrogen functional groups attached to an aromatic ring is 1. The molecule has 1 heterocycles. The molecule has 0 atom stereocenters. The molecule has 1 fully saturated rings. The van der Waals surface area contributed by atoms with E-state index in [4.69, 9.17) is 18.0 Å². The highest BCUT2D eigenvalue weighted by Crippen LogP contribution is 2.27. The first-order valence-electron chi connectivity index (χ1n) is 5.71. The van der Waals surface area contributed by atoms with Gasteiger partial charge in [-0.15, -0.1) is 5.10 Å². The Morgan fingerprint density at radius 2 is 1.80 bits per heavy atom. The van der Waals surface area contributed by atoms with Gasteiger partial charge in [0.2, 0.25) is 5.95 Å². The summed E-state index contributed by atoms with van der Waals surface area (Å²) in [5, 5.41) is 6.73. The molecule has 1 aliphatic carbocycles. The fourth-order valence-corrected chi connectivity index (χ4v) is 2.65. The van der Waals surface area contributed by atoms with Crippen molar-refractivity contribution in [3.8, 4) is 0 Å². The highest BCUT2D eigenvalue weighted by Gasteiger charge is 2.16. The first kappa shape index (κ1) is 10.7. The van der Waals surface area contributed by atoms with E-state index in [-0.39, 0.29) is 0 Å². The molecule has 0 unspecified atom stereocenters. The zero-order valence-corrected chi connectivity index (χ0v) is 9.72. The van der Waals surface area contributed by atoms with Crippen molar-refractivity contribution in [2.45, 2.75) is 51.0 Å². The van der Waals surface area contributed by atoms with Crippen molar-refractivity contribution in [3.63, 3.8) is 0 Å². The Hall–Kier alpha value is -0.840. The summed E-state index contributed by atoms with van der Waals surface area (Å²) in [5.74, 6) is 0.533. The summed E-state index contributed by atoms with van der Waals surface area (Å²) in [7, 11) is 0. The summed E-state index contributed by atoms with van der Waals surface area (Å²) in [6.07, 6.45) is 8.95. The Balaban J connectivity index is 2.17. The highest BCUT2D eigenvalue weighted by atomic mass is 32.1. The van der Waals surface area contributed by atoms with Gasteiger partial charge in [0.15, 0.2) is 4.77 Å². The molecular weight excluding hydrogens is 208 g/mol. The molecule has 84 valence electrons. The van der Waals surface area contributed by atoms with E-state index >= 15 is 0 Å². The molecule has 0 saturated heterocycles. The fourth-order valence-electron chi connectivity index (χ4n) is 2.36. The van der Waals surface area contributed by atoms with Crippen molar-refractivity contribution in [1.82, 2.24) is 14.8 Å². The lowest BCUT2D eigenvalue weighted by Gasteiger charge is -2.21. The van der Waals surface area contributed by atoms with Gasteiger partial charge in [-0.05, 0) is 25.1 Å². The number of anilines is 1. The molecule has 2 rings (SSSR count). The number of nitrogens with zero attached hydrogens (tertiary/aromatic N) is 2. The van der Waals surface area contributed by atoms with Crippen LogP contribution in [0.5, 0.6) is 0 Å². The standard InChI is InChI=1S/C10H18N4S/c11-9-12-13-10(15)14(9)8-6-4-2-1-3-5-7-8/h8H,1-7H2,(H2,11,12)(H,13,15). The van der Waals surface area contributed by atoms with Gasteiger partial charge in [0.25, 0.3) is 0 Å². The summed E-state index contributed by atoms with van der Waals surface area (Å²) >= 11 is 5.20. The topological polar surface area (TPSA) is 59.6 Å². The van der Waals surface area contributed by atoms with Gasteiger partial charge in [0, 0.05) is 6.04 Å². The number of H-pyrrole nitrogens is 1. The third-order valence-electron chi connectivity index (χ3n) is 3.17. The molecule has 0 bridgehead atoms. The zero-order chi connectivity index (χ0) is 10.7. The van der Waals surface area contributed by atoms with E-state index in [0.29, 0.717) is 16.8 Å². The minimum absolute atomic E-state index is 0.455. The van der Waals surface area contributed by atoms with E-state index in [1.807, 2.05) is 4.57 Å². The lowest BCUT2D eigenvalue weighted by Crippen LogP contribution is -2.13. The lowest BCUT2D eigenvalue weighted by atomic mass is 9.97. The first-order valence-corrected chi connectivity index (χ1v) is 6.12. The maximum Gasteiger partial charge on any atom is 0.220 e. The second kappa shape index (κ2) is 4.79. The van der Waals surface area contributed by atoms with Crippen LogP contribution in [0, 0.1) is 4.77 Å². The Labute approximate surface area is 94.9 Å². The summed E-state index contributed by atoms with van der Waals surface area (Å²) in [5.41, 5.74) is 5.82. The van der Waals surface area contributed by atoms with Gasteiger partial charge in [-0.1, -0.05) is 32.1 Å². The lowest BCUT2D eigenvalue weighted by molar-refractivity contribution is 0.372. The molecule has 0 aromatic carbocycles. The van der Waals surface area contributed by atoms with Crippen molar-refractivity contribution >= 4 is 18.2 Å². The van der Waals surface area contributed by atoms with E-state index in [0.717, 1.165) is 0 Å². The van der Waals surface area contributed by atoms with Crippen LogP contribution in [0.4, 0.5) is 5.95 Å². The number of nitrogens with one attached hydrogen (secondary N) is 1. The number of aromatic amines is 1. The molecule has 4 nitrogen and oxygen atoms in total. The molecule has 1 saturated carbocycles. The largest absolute Gasteiger partial charge is 0.368 e. The van der Waals surface area contributed by atoms with Crippen molar-refractivity contribution in [2.24, 2.45) is 0 Å². The molecule has 5 heteroatoms. The van der Waals surface area contributed by atoms with Crippen LogP contribution in [0.2, 0.25) is 0 Å². The molecule has 1 aromatic rings. The minimum atomic E-state index is 0.455. The average molecular weight is 226 g/mol. The molecule has 1 aliphatic rings. The van der Waals surface area contributed by atoms with Crippen LogP contribution in [-0.2, 0) is 0 Å². The van der Waals surface area contributed by atoms with Crippen LogP contribution < -0.4 is 5.73 Å². The van der Waals surface area contributed by atoms with E-state index < -0.39 is 0 Å². The minimum Gasteiger partial charge on any atom is -0.368 e. The van der Waals surface area contributed by atoms with Gasteiger partial charge in [0.05, 0.1) is 0 Å². The second-order valence-electron chi connectivity index (χ2n) is 4.26. The van der Waals surface area contributed by atoms with E-state index in [1.165, 1.54) is 44.9 Å². The quantitative estimate of drug-likeness (QED) is 0.724. The molecule has 0 aliphatic heterocycles. The number of nitrogens with two attached hydrogens (primary N) is 1. The molecule has 15 heavy (non-hydrogen) atoms. The van der Waals surface area contributed by atoms with Crippen LogP contribution in [0.1, 0.15) is 51.0 Å². The van der Waals surface area contributed by atoms with Gasteiger partial charge in [-0.3, -0.25) is 4.57 Å². The maximum absolute atomic E-state index is 5.82. The SMILES string of the molecule is Nc1n[nH]c(=S)n1C1CCCCCCC1. The molecule has 0 amide bonds. The number of rotatable bonds is 1. The average Bonchev–Trinajstić information content (AvgIpc) is 2.48. The molecular formula is C10H18N4S. The summed E-state index contributed by atoms with van der Waals surface area (Å²) < 4.78 is 2.65. The van der Waals surface area contributed by atoms with E-state index in [1.54, 1.807) is 0 Å². The van der Waals surface area contributed by atoms with Gasteiger partial charge >= 0.3 is 0 Å². The van der Waals surface area contributed by atoms with Crippen LogP contribution in [0.15, 0.2) is 0 Å². The van der Waals surface area contributed by atoms with Crippen molar-refractivity contribution in [3.05, 3.63) is 4.77 Å². The van der Waals surface area contributed by atoms with Crippen molar-refractivity contribution < 1.29 is 0 Å². The summed E-state index contributed by atoms with van der Waals surface area (Å²) in [6.45, 7) is 0. The summed E-state index contributed by atoms with van der Waals surface area (Å²) in [6, 6.07) is 0.455. The first-order chi connectivity index (χ1) is 7.29. The number of hydrogen-bond donors (Lipinski definition) is 2. The molecule has 0 radical (unpaired) electrons. The van der Waals surface area contributed by atoms with Crippen LogP contribution >= 0.6 is 12.2 Å². The van der Waals surface area contributed by atoms with Gasteiger partial charge in [0.1, 0.15) is 0 Å². The van der Waals surface area contributed by atoms with Gasteiger partial charge in [-0.2, -0.15) is 0 Å². The van der Waals surface area contributed by atoms with Crippen LogP contribution in [0.25, 0.3) is 0 Å². The second-order valence-corrected chi connectivity index (χ2v) is 4.64. The Kier molecular flexibility index (Phi) is 3.41. The number of aromatic nitrogens is 3. The normalized spacial score (nSPS) is 19.7. The number of hydrogen-bond acceptors (Lipinski definition) is 3. The molecule has 0 spiro atoms. The zero-order valence-electron chi connectivity index (χ0n) is 8.91. The molecule has 1 aromatic heterocycles.